The van der Waals surface area contributed by atoms with E-state index < -0.39 is 6.04 Å². The summed E-state index contributed by atoms with van der Waals surface area (Å²) in [4.78, 5) is 12.2. The van der Waals surface area contributed by atoms with Crippen molar-refractivity contribution in [3.05, 3.63) is 0 Å². The summed E-state index contributed by atoms with van der Waals surface area (Å²) in [7, 11) is 1.64. The summed E-state index contributed by atoms with van der Waals surface area (Å²) in [5.74, 6) is -0.0900. The molecule has 4 nitrogen and oxygen atoms in total. The number of likely N-dealkylation sites (N-methyl/N-ethyl adjacent to an activating group) is 1. The lowest BCUT2D eigenvalue weighted by atomic mass is 10.1. The summed E-state index contributed by atoms with van der Waals surface area (Å²) in [6.45, 7) is 0. The number of hydrogen-bond acceptors (Lipinski definition) is 4. The molecule has 1 saturated heterocycles. The first-order valence-electron chi connectivity index (χ1n) is 2.75. The van der Waals surface area contributed by atoms with Gasteiger partial charge in [-0.2, -0.15) is 5.26 Å². The van der Waals surface area contributed by atoms with Gasteiger partial charge in [-0.3, -0.25) is 4.79 Å². The number of rotatable bonds is 1. The van der Waals surface area contributed by atoms with Crippen LogP contribution < -0.4 is 5.73 Å². The van der Waals surface area contributed by atoms with E-state index in [1.54, 1.807) is 7.05 Å². The van der Waals surface area contributed by atoms with E-state index in [0.717, 1.165) is 11.8 Å². The van der Waals surface area contributed by atoms with Gasteiger partial charge in [0.1, 0.15) is 16.8 Å². The second kappa shape index (κ2) is 2.48. The fourth-order valence-electron chi connectivity index (χ4n) is 0.848. The van der Waals surface area contributed by atoms with Crippen LogP contribution >= 0.6 is 11.8 Å². The van der Waals surface area contributed by atoms with E-state index in [9.17, 15) is 4.79 Å². The quantitative estimate of drug-likeness (QED) is 0.404. The van der Waals surface area contributed by atoms with Crippen molar-refractivity contribution in [3.8, 4) is 5.40 Å². The lowest BCUT2D eigenvalue weighted by Crippen LogP contribution is -2.65. The molecule has 2 N–H and O–H groups in total. The highest BCUT2D eigenvalue weighted by molar-refractivity contribution is 8.04. The van der Waals surface area contributed by atoms with Gasteiger partial charge >= 0.3 is 0 Å². The van der Waals surface area contributed by atoms with E-state index >= 15 is 0 Å². The van der Waals surface area contributed by atoms with Crippen LogP contribution in [0.4, 0.5) is 0 Å². The number of likely N-dealkylation sites (tertiary alicyclic amines) is 1. The number of hydrogen-bond donors (Lipinski definition) is 1. The lowest BCUT2D eigenvalue weighted by Gasteiger charge is -2.40. The van der Waals surface area contributed by atoms with Crippen molar-refractivity contribution in [3.63, 3.8) is 0 Å². The maximum absolute atomic E-state index is 10.7. The Morgan fingerprint density at radius 2 is 2.50 bits per heavy atom. The fraction of sp³-hybridized carbons (Fsp3) is 0.600. The lowest BCUT2D eigenvalue weighted by molar-refractivity contribution is -0.141. The van der Waals surface area contributed by atoms with E-state index in [-0.39, 0.29) is 11.3 Å². The van der Waals surface area contributed by atoms with Gasteiger partial charge in [-0.1, -0.05) is 0 Å². The Morgan fingerprint density at radius 1 is 1.90 bits per heavy atom. The van der Waals surface area contributed by atoms with Crippen LogP contribution in [0.5, 0.6) is 0 Å². The average Bonchev–Trinajstić information content (AvgIpc) is 1.98. The zero-order valence-corrected chi connectivity index (χ0v) is 6.26. The van der Waals surface area contributed by atoms with E-state index in [1.807, 2.05) is 5.40 Å². The minimum Gasteiger partial charge on any atom is -0.329 e. The van der Waals surface area contributed by atoms with Gasteiger partial charge in [-0.05, 0) is 11.8 Å². The van der Waals surface area contributed by atoms with Crippen LogP contribution in [0.3, 0.4) is 0 Å². The van der Waals surface area contributed by atoms with Crippen LogP contribution in [0.2, 0.25) is 0 Å². The minimum absolute atomic E-state index is 0.0900. The molecule has 1 amide bonds. The molecular formula is C5H7N3OS. The molecule has 1 aliphatic heterocycles. The standard InChI is InChI=1S/C5H7N3OS/c1-8-4(9)3(7)5(8)10-2-6/h3,5H,7H2,1H3. The van der Waals surface area contributed by atoms with E-state index in [4.69, 9.17) is 11.0 Å². The molecule has 0 aromatic rings. The number of thiocyanates is 1. The van der Waals surface area contributed by atoms with Gasteiger partial charge in [0.05, 0.1) is 0 Å². The molecular weight excluding hydrogens is 150 g/mol. The number of amides is 1. The Labute approximate surface area is 63.0 Å². The summed E-state index contributed by atoms with van der Waals surface area (Å²) in [6.07, 6.45) is 0. The molecule has 1 aliphatic rings. The molecule has 0 aliphatic carbocycles. The molecule has 1 fully saturated rings. The number of thioether (sulfide) groups is 1. The Bertz CT molecular complexity index is 188. The zero-order valence-electron chi connectivity index (χ0n) is 5.44. The molecule has 0 bridgehead atoms. The topological polar surface area (TPSA) is 70.1 Å². The average molecular weight is 157 g/mol. The fourth-order valence-corrected chi connectivity index (χ4v) is 1.48. The maximum Gasteiger partial charge on any atom is 0.243 e. The van der Waals surface area contributed by atoms with E-state index in [1.165, 1.54) is 4.90 Å². The molecule has 0 radical (unpaired) electrons. The van der Waals surface area contributed by atoms with Gasteiger partial charge in [-0.15, -0.1) is 0 Å². The highest BCUT2D eigenvalue weighted by Crippen LogP contribution is 2.25. The van der Waals surface area contributed by atoms with Crippen LogP contribution in [-0.4, -0.2) is 29.3 Å². The summed E-state index contributed by atoms with van der Waals surface area (Å²) >= 11 is 1.02. The van der Waals surface area contributed by atoms with Crippen LogP contribution in [0.25, 0.3) is 0 Å². The SMILES string of the molecule is CN1C(=O)C(N)C1SC#N. The first kappa shape index (κ1) is 7.38. The van der Waals surface area contributed by atoms with E-state index in [0.29, 0.717) is 0 Å². The Balaban J connectivity index is 2.51. The molecule has 54 valence electrons. The normalized spacial score (nSPS) is 31.3. The van der Waals surface area contributed by atoms with Gasteiger partial charge in [0.15, 0.2) is 0 Å². The molecule has 0 spiro atoms. The molecule has 2 atom stereocenters. The molecule has 5 heteroatoms. The second-order valence-electron chi connectivity index (χ2n) is 2.07. The summed E-state index contributed by atoms with van der Waals surface area (Å²) < 4.78 is 0. The highest BCUT2D eigenvalue weighted by Gasteiger charge is 2.42. The van der Waals surface area contributed by atoms with Gasteiger partial charge in [-0.25, -0.2) is 0 Å². The summed E-state index contributed by atoms with van der Waals surface area (Å²) in [5, 5.41) is 10.00. The van der Waals surface area contributed by atoms with Crippen molar-refractivity contribution in [1.29, 1.82) is 5.26 Å². The van der Waals surface area contributed by atoms with Crippen molar-refractivity contribution in [2.45, 2.75) is 11.4 Å². The maximum atomic E-state index is 10.7. The van der Waals surface area contributed by atoms with Crippen molar-refractivity contribution < 1.29 is 4.79 Å². The number of nitrogens with two attached hydrogens (primary N) is 1. The molecule has 2 unspecified atom stereocenters. The third-order valence-corrected chi connectivity index (χ3v) is 2.45. The first-order valence-corrected chi connectivity index (χ1v) is 3.63. The van der Waals surface area contributed by atoms with Crippen LogP contribution in [0, 0.1) is 10.7 Å². The Morgan fingerprint density at radius 3 is 2.90 bits per heavy atom. The Hall–Kier alpha value is -0.730. The number of β-lactam (4-membered cyclic amide) rings is 1. The van der Waals surface area contributed by atoms with Crippen molar-refractivity contribution in [2.75, 3.05) is 7.05 Å². The number of carbonyl (C=O) groups is 1. The first-order chi connectivity index (χ1) is 4.68. The third-order valence-electron chi connectivity index (χ3n) is 1.50. The smallest absolute Gasteiger partial charge is 0.243 e. The van der Waals surface area contributed by atoms with E-state index in [2.05, 4.69) is 0 Å². The predicted octanol–water partition coefficient (Wildman–Crippen LogP) is -0.674. The minimum atomic E-state index is -0.477. The van der Waals surface area contributed by atoms with Gasteiger partial charge in [0, 0.05) is 7.05 Å². The van der Waals surface area contributed by atoms with Gasteiger partial charge < -0.3 is 10.6 Å². The predicted molar refractivity (Wildman–Crippen MR) is 37.7 cm³/mol. The van der Waals surface area contributed by atoms with Crippen molar-refractivity contribution >= 4 is 17.7 Å². The largest absolute Gasteiger partial charge is 0.329 e. The second-order valence-corrected chi connectivity index (χ2v) is 2.98. The van der Waals surface area contributed by atoms with Gasteiger partial charge in [0.2, 0.25) is 5.91 Å². The monoisotopic (exact) mass is 157 g/mol. The zero-order chi connectivity index (χ0) is 7.72. The van der Waals surface area contributed by atoms with Crippen LogP contribution in [0.1, 0.15) is 0 Å². The highest BCUT2D eigenvalue weighted by atomic mass is 32.2. The van der Waals surface area contributed by atoms with Crippen molar-refractivity contribution in [2.24, 2.45) is 5.73 Å². The molecule has 10 heavy (non-hydrogen) atoms. The van der Waals surface area contributed by atoms with Crippen LogP contribution in [0.15, 0.2) is 0 Å². The number of carbonyl (C=O) groups excluding carboxylic acids is 1. The molecule has 1 heterocycles. The van der Waals surface area contributed by atoms with Crippen LogP contribution in [-0.2, 0) is 4.79 Å². The third kappa shape index (κ3) is 0.856. The number of nitriles is 1. The molecule has 0 aromatic carbocycles. The Kier molecular flexibility index (Phi) is 1.83. The molecule has 0 aromatic heterocycles. The molecule has 0 saturated carbocycles. The molecule has 1 rings (SSSR count). The van der Waals surface area contributed by atoms with Gasteiger partial charge in [0.25, 0.3) is 0 Å². The summed E-state index contributed by atoms with van der Waals surface area (Å²) in [6, 6.07) is -0.477. The van der Waals surface area contributed by atoms with Crippen molar-refractivity contribution in [1.82, 2.24) is 4.90 Å². The summed E-state index contributed by atoms with van der Waals surface area (Å²) in [5.41, 5.74) is 5.38. The number of nitrogens with zero attached hydrogens (tertiary/aromatic N) is 2.